The molecule has 15 heavy (non-hydrogen) atoms. The minimum absolute atomic E-state index is 0.544. The fourth-order valence-electron chi connectivity index (χ4n) is 1.29. The molecule has 0 spiro atoms. The summed E-state index contributed by atoms with van der Waals surface area (Å²) in [6, 6.07) is 7.74. The Balaban J connectivity index is 1.82. The highest BCUT2D eigenvalue weighted by Gasteiger charge is 2.21. The average molecular weight is 204 g/mol. The summed E-state index contributed by atoms with van der Waals surface area (Å²) in [6.07, 6.45) is 4.37. The summed E-state index contributed by atoms with van der Waals surface area (Å²) in [5, 5.41) is 0. The van der Waals surface area contributed by atoms with Gasteiger partial charge in [0, 0.05) is 0 Å². The van der Waals surface area contributed by atoms with E-state index in [1.54, 1.807) is 6.08 Å². The molecule has 1 aromatic carbocycles. The van der Waals surface area contributed by atoms with Crippen molar-refractivity contribution in [1.82, 2.24) is 0 Å². The number of ether oxygens (including phenoxy) is 2. The Kier molecular flexibility index (Phi) is 3.28. The quantitative estimate of drug-likeness (QED) is 0.663. The van der Waals surface area contributed by atoms with Crippen molar-refractivity contribution in [2.45, 2.75) is 12.8 Å². The van der Waals surface area contributed by atoms with Crippen molar-refractivity contribution in [1.29, 1.82) is 0 Å². The van der Waals surface area contributed by atoms with Gasteiger partial charge in [0.1, 0.15) is 18.1 Å². The van der Waals surface area contributed by atoms with E-state index in [-0.39, 0.29) is 0 Å². The second-order valence-electron chi connectivity index (χ2n) is 3.83. The van der Waals surface area contributed by atoms with Crippen molar-refractivity contribution < 1.29 is 9.47 Å². The van der Waals surface area contributed by atoms with Crippen LogP contribution in [0.3, 0.4) is 0 Å². The lowest BCUT2D eigenvalue weighted by Gasteiger charge is -2.06. The highest BCUT2D eigenvalue weighted by molar-refractivity contribution is 5.31. The van der Waals surface area contributed by atoms with Crippen LogP contribution >= 0.6 is 0 Å². The Morgan fingerprint density at radius 3 is 2.27 bits per heavy atom. The minimum Gasteiger partial charge on any atom is -0.493 e. The zero-order chi connectivity index (χ0) is 10.5. The van der Waals surface area contributed by atoms with Crippen molar-refractivity contribution in [2.24, 2.45) is 5.92 Å². The molecule has 0 heterocycles. The molecule has 0 bridgehead atoms. The Morgan fingerprint density at radius 2 is 1.73 bits per heavy atom. The molecule has 0 unspecified atom stereocenters. The zero-order valence-electron chi connectivity index (χ0n) is 8.82. The van der Waals surface area contributed by atoms with E-state index in [0.717, 1.165) is 24.0 Å². The van der Waals surface area contributed by atoms with E-state index in [0.29, 0.717) is 6.61 Å². The van der Waals surface area contributed by atoms with Crippen LogP contribution in [0.15, 0.2) is 36.9 Å². The maximum atomic E-state index is 5.61. The summed E-state index contributed by atoms with van der Waals surface area (Å²) in [7, 11) is 0. The number of benzene rings is 1. The largest absolute Gasteiger partial charge is 0.493 e. The van der Waals surface area contributed by atoms with Gasteiger partial charge in [0.25, 0.3) is 0 Å². The van der Waals surface area contributed by atoms with Crippen LogP contribution < -0.4 is 9.47 Å². The molecule has 0 amide bonds. The lowest BCUT2D eigenvalue weighted by molar-refractivity contribution is 0.298. The van der Waals surface area contributed by atoms with Crippen molar-refractivity contribution in [3.05, 3.63) is 36.9 Å². The van der Waals surface area contributed by atoms with Gasteiger partial charge in [-0.25, -0.2) is 0 Å². The molecule has 0 aromatic heterocycles. The molecule has 2 nitrogen and oxygen atoms in total. The summed E-state index contributed by atoms with van der Waals surface area (Å²) in [5.74, 6) is 2.57. The molecular formula is C13H16O2. The molecule has 0 radical (unpaired) electrons. The first-order chi connectivity index (χ1) is 7.38. The van der Waals surface area contributed by atoms with Crippen LogP contribution in [0.25, 0.3) is 0 Å². The number of hydrogen-bond donors (Lipinski definition) is 0. The maximum absolute atomic E-state index is 5.61. The third-order valence-corrected chi connectivity index (χ3v) is 2.37. The molecular weight excluding hydrogens is 188 g/mol. The first-order valence-electron chi connectivity index (χ1n) is 5.35. The van der Waals surface area contributed by atoms with E-state index in [1.165, 1.54) is 12.8 Å². The van der Waals surface area contributed by atoms with E-state index in [4.69, 9.17) is 9.47 Å². The standard InChI is InChI=1S/C13H16O2/c1-2-9-14-12-5-7-13(8-6-12)15-10-11-3-4-11/h2,5-8,11H,1,3-4,9-10H2. The van der Waals surface area contributed by atoms with Crippen molar-refractivity contribution >= 4 is 0 Å². The molecule has 0 N–H and O–H groups in total. The van der Waals surface area contributed by atoms with Gasteiger partial charge in [-0.3, -0.25) is 0 Å². The summed E-state index contributed by atoms with van der Waals surface area (Å²) in [4.78, 5) is 0. The molecule has 0 saturated heterocycles. The van der Waals surface area contributed by atoms with Crippen LogP contribution in [0.2, 0.25) is 0 Å². The van der Waals surface area contributed by atoms with Gasteiger partial charge in [-0.05, 0) is 43.0 Å². The lowest BCUT2D eigenvalue weighted by atomic mass is 10.3. The second kappa shape index (κ2) is 4.87. The Hall–Kier alpha value is -1.44. The first kappa shape index (κ1) is 10.1. The van der Waals surface area contributed by atoms with Crippen LogP contribution in [-0.4, -0.2) is 13.2 Å². The fraction of sp³-hybridized carbons (Fsp3) is 0.385. The maximum Gasteiger partial charge on any atom is 0.120 e. The van der Waals surface area contributed by atoms with E-state index in [1.807, 2.05) is 24.3 Å². The Labute approximate surface area is 90.5 Å². The zero-order valence-corrected chi connectivity index (χ0v) is 8.82. The Bertz CT molecular complexity index is 312. The topological polar surface area (TPSA) is 18.5 Å². The summed E-state index contributed by atoms with van der Waals surface area (Å²) in [5.41, 5.74) is 0. The molecule has 1 saturated carbocycles. The molecule has 0 aliphatic heterocycles. The molecule has 1 aliphatic carbocycles. The summed E-state index contributed by atoms with van der Waals surface area (Å²) < 4.78 is 11.0. The average Bonchev–Trinajstić information content (AvgIpc) is 3.09. The number of rotatable bonds is 6. The first-order valence-corrected chi connectivity index (χ1v) is 5.35. The third-order valence-electron chi connectivity index (χ3n) is 2.37. The van der Waals surface area contributed by atoms with E-state index in [2.05, 4.69) is 6.58 Å². The molecule has 0 atom stereocenters. The smallest absolute Gasteiger partial charge is 0.120 e. The van der Waals surface area contributed by atoms with Crippen LogP contribution in [0.4, 0.5) is 0 Å². The summed E-state index contributed by atoms with van der Waals surface area (Å²) in [6.45, 7) is 5.00. The molecule has 2 heteroatoms. The van der Waals surface area contributed by atoms with E-state index in [9.17, 15) is 0 Å². The third kappa shape index (κ3) is 3.31. The molecule has 2 rings (SSSR count). The molecule has 1 fully saturated rings. The van der Waals surface area contributed by atoms with Crippen LogP contribution in [0, 0.1) is 5.92 Å². The predicted molar refractivity (Wildman–Crippen MR) is 60.4 cm³/mol. The second-order valence-corrected chi connectivity index (χ2v) is 3.83. The van der Waals surface area contributed by atoms with E-state index >= 15 is 0 Å². The fourth-order valence-corrected chi connectivity index (χ4v) is 1.29. The monoisotopic (exact) mass is 204 g/mol. The van der Waals surface area contributed by atoms with Gasteiger partial charge in [-0.1, -0.05) is 12.7 Å². The van der Waals surface area contributed by atoms with Crippen LogP contribution in [0.5, 0.6) is 11.5 Å². The number of hydrogen-bond acceptors (Lipinski definition) is 2. The van der Waals surface area contributed by atoms with Gasteiger partial charge in [0.2, 0.25) is 0 Å². The minimum atomic E-state index is 0.544. The molecule has 1 aliphatic rings. The summed E-state index contributed by atoms with van der Waals surface area (Å²) >= 11 is 0. The van der Waals surface area contributed by atoms with Gasteiger partial charge in [0.05, 0.1) is 6.61 Å². The Morgan fingerprint density at radius 1 is 1.13 bits per heavy atom. The van der Waals surface area contributed by atoms with Gasteiger partial charge in [0.15, 0.2) is 0 Å². The molecule has 80 valence electrons. The van der Waals surface area contributed by atoms with Gasteiger partial charge < -0.3 is 9.47 Å². The highest BCUT2D eigenvalue weighted by Crippen LogP contribution is 2.29. The van der Waals surface area contributed by atoms with E-state index < -0.39 is 0 Å². The van der Waals surface area contributed by atoms with Gasteiger partial charge in [-0.2, -0.15) is 0 Å². The van der Waals surface area contributed by atoms with Crippen molar-refractivity contribution in [3.63, 3.8) is 0 Å². The van der Waals surface area contributed by atoms with Gasteiger partial charge >= 0.3 is 0 Å². The highest BCUT2D eigenvalue weighted by atomic mass is 16.5. The SMILES string of the molecule is C=CCOc1ccc(OCC2CC2)cc1. The van der Waals surface area contributed by atoms with Crippen molar-refractivity contribution in [2.75, 3.05) is 13.2 Å². The van der Waals surface area contributed by atoms with Crippen molar-refractivity contribution in [3.8, 4) is 11.5 Å². The lowest BCUT2D eigenvalue weighted by Crippen LogP contribution is -1.99. The van der Waals surface area contributed by atoms with Crippen LogP contribution in [-0.2, 0) is 0 Å². The normalized spacial score (nSPS) is 14.7. The van der Waals surface area contributed by atoms with Crippen LogP contribution in [0.1, 0.15) is 12.8 Å². The predicted octanol–water partition coefficient (Wildman–Crippen LogP) is 3.04. The van der Waals surface area contributed by atoms with Gasteiger partial charge in [-0.15, -0.1) is 0 Å². The molecule has 1 aromatic rings.